The molecule has 0 heterocycles. The topological polar surface area (TPSA) is 9.23 Å². The SMILES string of the molecule is CC(C)(C)C1CCC(COC2CCC(C(C)(C)C)CC2)CC1. The lowest BCUT2D eigenvalue weighted by Gasteiger charge is -2.39. The van der Waals surface area contributed by atoms with Crippen molar-refractivity contribution in [3.05, 3.63) is 0 Å². The Labute approximate surface area is 139 Å². The van der Waals surface area contributed by atoms with E-state index in [1.807, 2.05) is 0 Å². The summed E-state index contributed by atoms with van der Waals surface area (Å²) in [5.41, 5.74) is 0.980. The first-order valence-electron chi connectivity index (χ1n) is 9.78. The van der Waals surface area contributed by atoms with Crippen molar-refractivity contribution >= 4 is 0 Å². The van der Waals surface area contributed by atoms with E-state index in [1.54, 1.807) is 0 Å². The summed E-state index contributed by atoms with van der Waals surface area (Å²) in [5.74, 6) is 2.65. The summed E-state index contributed by atoms with van der Waals surface area (Å²) < 4.78 is 6.30. The van der Waals surface area contributed by atoms with Crippen molar-refractivity contribution in [1.82, 2.24) is 0 Å². The molecule has 22 heavy (non-hydrogen) atoms. The van der Waals surface area contributed by atoms with E-state index in [0.29, 0.717) is 16.9 Å². The molecule has 0 aromatic rings. The molecular formula is C21H40O. The van der Waals surface area contributed by atoms with Crippen molar-refractivity contribution in [3.63, 3.8) is 0 Å². The zero-order chi connectivity index (χ0) is 16.4. The van der Waals surface area contributed by atoms with Crippen LogP contribution < -0.4 is 0 Å². The minimum absolute atomic E-state index is 0.482. The van der Waals surface area contributed by atoms with E-state index < -0.39 is 0 Å². The third-order valence-electron chi connectivity index (χ3n) is 6.54. The average Bonchev–Trinajstić information content (AvgIpc) is 2.44. The zero-order valence-corrected chi connectivity index (χ0v) is 16.1. The molecule has 0 atom stereocenters. The normalized spacial score (nSPS) is 34.6. The van der Waals surface area contributed by atoms with Crippen LogP contribution >= 0.6 is 0 Å². The van der Waals surface area contributed by atoms with Gasteiger partial charge < -0.3 is 4.74 Å². The van der Waals surface area contributed by atoms with Gasteiger partial charge in [0.1, 0.15) is 0 Å². The van der Waals surface area contributed by atoms with E-state index >= 15 is 0 Å². The van der Waals surface area contributed by atoms with Crippen LogP contribution in [0.3, 0.4) is 0 Å². The second kappa shape index (κ2) is 7.24. The number of hydrogen-bond donors (Lipinski definition) is 0. The zero-order valence-electron chi connectivity index (χ0n) is 16.1. The van der Waals surface area contributed by atoms with Gasteiger partial charge in [-0.05, 0) is 80.0 Å². The molecule has 2 aliphatic carbocycles. The number of hydrogen-bond acceptors (Lipinski definition) is 1. The van der Waals surface area contributed by atoms with Gasteiger partial charge in [0, 0.05) is 6.61 Å². The molecule has 0 spiro atoms. The van der Waals surface area contributed by atoms with E-state index in [-0.39, 0.29) is 0 Å². The Morgan fingerprint density at radius 3 is 1.45 bits per heavy atom. The Morgan fingerprint density at radius 2 is 1.05 bits per heavy atom. The van der Waals surface area contributed by atoms with Gasteiger partial charge in [0.15, 0.2) is 0 Å². The van der Waals surface area contributed by atoms with Crippen LogP contribution in [-0.2, 0) is 4.74 Å². The molecule has 0 radical (unpaired) electrons. The van der Waals surface area contributed by atoms with Gasteiger partial charge >= 0.3 is 0 Å². The van der Waals surface area contributed by atoms with E-state index in [9.17, 15) is 0 Å². The molecule has 2 rings (SSSR count). The van der Waals surface area contributed by atoms with Crippen molar-refractivity contribution < 1.29 is 4.74 Å². The van der Waals surface area contributed by atoms with Crippen LogP contribution in [0.5, 0.6) is 0 Å². The van der Waals surface area contributed by atoms with Gasteiger partial charge in [-0.2, -0.15) is 0 Å². The van der Waals surface area contributed by atoms with Crippen LogP contribution in [0.1, 0.15) is 92.9 Å². The maximum atomic E-state index is 6.30. The van der Waals surface area contributed by atoms with E-state index in [2.05, 4.69) is 41.5 Å². The van der Waals surface area contributed by atoms with Gasteiger partial charge in [-0.3, -0.25) is 0 Å². The fourth-order valence-electron chi connectivity index (χ4n) is 4.56. The first kappa shape index (κ1) is 18.3. The highest BCUT2D eigenvalue weighted by molar-refractivity contribution is 4.83. The fraction of sp³-hybridized carbons (Fsp3) is 1.00. The third kappa shape index (κ3) is 5.25. The minimum Gasteiger partial charge on any atom is -0.378 e. The first-order valence-corrected chi connectivity index (χ1v) is 9.78. The van der Waals surface area contributed by atoms with Gasteiger partial charge in [-0.1, -0.05) is 41.5 Å². The fourth-order valence-corrected chi connectivity index (χ4v) is 4.56. The van der Waals surface area contributed by atoms with Gasteiger partial charge in [-0.25, -0.2) is 0 Å². The number of ether oxygens (including phenoxy) is 1. The highest BCUT2D eigenvalue weighted by Crippen LogP contribution is 2.41. The van der Waals surface area contributed by atoms with Gasteiger partial charge in [-0.15, -0.1) is 0 Å². The molecule has 0 bridgehead atoms. The van der Waals surface area contributed by atoms with Crippen LogP contribution in [-0.4, -0.2) is 12.7 Å². The Balaban J connectivity index is 1.64. The summed E-state index contributed by atoms with van der Waals surface area (Å²) in [4.78, 5) is 0. The van der Waals surface area contributed by atoms with Crippen LogP contribution in [0.15, 0.2) is 0 Å². The molecule has 0 unspecified atom stereocenters. The Morgan fingerprint density at radius 1 is 0.636 bits per heavy atom. The average molecular weight is 309 g/mol. The molecule has 2 aliphatic rings. The minimum atomic E-state index is 0.482. The molecular weight excluding hydrogens is 268 g/mol. The monoisotopic (exact) mass is 308 g/mol. The molecule has 0 aromatic carbocycles. The first-order chi connectivity index (χ1) is 10.2. The van der Waals surface area contributed by atoms with Crippen LogP contribution in [0.4, 0.5) is 0 Å². The molecule has 1 heteroatoms. The predicted octanol–water partition coefficient (Wildman–Crippen LogP) is 6.46. The lowest BCUT2D eigenvalue weighted by molar-refractivity contribution is -0.0225. The summed E-state index contributed by atoms with van der Waals surface area (Å²) in [6.45, 7) is 15.4. The highest BCUT2D eigenvalue weighted by atomic mass is 16.5. The smallest absolute Gasteiger partial charge is 0.0575 e. The van der Waals surface area contributed by atoms with E-state index in [4.69, 9.17) is 4.74 Å². The predicted molar refractivity (Wildman–Crippen MR) is 96.1 cm³/mol. The van der Waals surface area contributed by atoms with E-state index in [1.165, 1.54) is 51.4 Å². The third-order valence-corrected chi connectivity index (χ3v) is 6.54. The van der Waals surface area contributed by atoms with Crippen molar-refractivity contribution in [3.8, 4) is 0 Å². The van der Waals surface area contributed by atoms with Crippen LogP contribution in [0, 0.1) is 28.6 Å². The summed E-state index contributed by atoms with van der Waals surface area (Å²) in [6.07, 6.45) is 11.5. The molecule has 0 saturated heterocycles. The Kier molecular flexibility index (Phi) is 6.02. The van der Waals surface area contributed by atoms with Gasteiger partial charge in [0.05, 0.1) is 6.10 Å². The van der Waals surface area contributed by atoms with Crippen molar-refractivity contribution in [2.75, 3.05) is 6.61 Å². The van der Waals surface area contributed by atoms with Crippen molar-refractivity contribution in [2.45, 2.75) is 99.0 Å². The largest absolute Gasteiger partial charge is 0.378 e. The maximum Gasteiger partial charge on any atom is 0.0575 e. The Bertz CT molecular complexity index is 283. The van der Waals surface area contributed by atoms with Crippen molar-refractivity contribution in [1.29, 1.82) is 0 Å². The molecule has 2 saturated carbocycles. The van der Waals surface area contributed by atoms with Gasteiger partial charge in [0.25, 0.3) is 0 Å². The van der Waals surface area contributed by atoms with Crippen LogP contribution in [0.2, 0.25) is 0 Å². The molecule has 0 amide bonds. The molecule has 0 aliphatic heterocycles. The molecule has 0 aromatic heterocycles. The molecule has 130 valence electrons. The summed E-state index contributed by atoms with van der Waals surface area (Å²) in [6, 6.07) is 0. The summed E-state index contributed by atoms with van der Waals surface area (Å²) >= 11 is 0. The van der Waals surface area contributed by atoms with E-state index in [0.717, 1.165) is 24.4 Å². The summed E-state index contributed by atoms with van der Waals surface area (Å²) in [5, 5.41) is 0. The van der Waals surface area contributed by atoms with Crippen molar-refractivity contribution in [2.24, 2.45) is 28.6 Å². The van der Waals surface area contributed by atoms with Gasteiger partial charge in [0.2, 0.25) is 0 Å². The maximum absolute atomic E-state index is 6.30. The van der Waals surface area contributed by atoms with Crippen LogP contribution in [0.25, 0.3) is 0 Å². The molecule has 0 N–H and O–H groups in total. The second-order valence-electron chi connectivity index (χ2n) is 10.3. The standard InChI is InChI=1S/C21H40O/c1-20(2,3)17-9-7-16(8-10-17)15-22-19-13-11-18(12-14-19)21(4,5)6/h16-19H,7-15H2,1-6H3. The quantitative estimate of drug-likeness (QED) is 0.581. The second-order valence-corrected chi connectivity index (χ2v) is 10.3. The molecule has 2 fully saturated rings. The Hall–Kier alpha value is -0.0400. The highest BCUT2D eigenvalue weighted by Gasteiger charge is 2.32. The lowest BCUT2D eigenvalue weighted by Crippen LogP contribution is -2.31. The lowest BCUT2D eigenvalue weighted by atomic mass is 9.70. The summed E-state index contributed by atoms with van der Waals surface area (Å²) in [7, 11) is 0. The molecule has 1 nitrogen and oxygen atoms in total. The number of rotatable bonds is 3.